The topological polar surface area (TPSA) is 39.9 Å². The van der Waals surface area contributed by atoms with Gasteiger partial charge in [-0.05, 0) is 43.2 Å². The zero-order valence-corrected chi connectivity index (χ0v) is 18.0. The molecule has 0 bridgehead atoms. The van der Waals surface area contributed by atoms with E-state index >= 15 is 0 Å². The Kier molecular flexibility index (Phi) is 7.34. The maximum Gasteiger partial charge on any atom is 0.191 e. The number of hydrogen-bond acceptors (Lipinski definition) is 4. The Labute approximate surface area is 179 Å². The summed E-state index contributed by atoms with van der Waals surface area (Å²) in [7, 11) is 0. The van der Waals surface area contributed by atoms with E-state index in [0.29, 0.717) is 33.9 Å². The normalized spacial score (nSPS) is 12.0. The standard InChI is InChI=1S/C22H23ClFN3OS/c1-4-13-27-21(15(3)28-17-11-9-16(5-2)10-12-17)25-26-22(27)29-14-18-19(23)7-6-8-20(18)24/h4,6-12,15H,1,5,13-14H2,2-3H3. The molecule has 2 aromatic carbocycles. The molecule has 0 aliphatic heterocycles. The van der Waals surface area contributed by atoms with Crippen LogP contribution in [0.1, 0.15) is 36.9 Å². The number of rotatable bonds is 9. The molecule has 152 valence electrons. The Morgan fingerprint density at radius 3 is 2.66 bits per heavy atom. The third-order valence-corrected chi connectivity index (χ3v) is 5.82. The zero-order valence-electron chi connectivity index (χ0n) is 16.4. The number of aryl methyl sites for hydroxylation is 1. The van der Waals surface area contributed by atoms with Crippen molar-refractivity contribution in [2.75, 3.05) is 0 Å². The van der Waals surface area contributed by atoms with Crippen LogP contribution < -0.4 is 4.74 Å². The summed E-state index contributed by atoms with van der Waals surface area (Å²) < 4.78 is 22.0. The molecule has 4 nitrogen and oxygen atoms in total. The number of nitrogens with zero attached hydrogens (tertiary/aromatic N) is 3. The highest BCUT2D eigenvalue weighted by Crippen LogP contribution is 2.30. The first-order valence-electron chi connectivity index (χ1n) is 9.38. The van der Waals surface area contributed by atoms with Crippen molar-refractivity contribution < 1.29 is 9.13 Å². The SMILES string of the molecule is C=CCn1c(SCc2c(F)cccc2Cl)nnc1C(C)Oc1ccc(CC)cc1. The van der Waals surface area contributed by atoms with Crippen LogP contribution in [0.4, 0.5) is 4.39 Å². The molecular formula is C22H23ClFN3OS. The molecule has 0 radical (unpaired) electrons. The van der Waals surface area contributed by atoms with E-state index in [4.69, 9.17) is 16.3 Å². The summed E-state index contributed by atoms with van der Waals surface area (Å²) in [6.45, 7) is 8.39. The van der Waals surface area contributed by atoms with Gasteiger partial charge in [0.05, 0.1) is 0 Å². The van der Waals surface area contributed by atoms with Crippen LogP contribution in [0.25, 0.3) is 0 Å². The van der Waals surface area contributed by atoms with Gasteiger partial charge in [0.15, 0.2) is 17.1 Å². The van der Waals surface area contributed by atoms with Gasteiger partial charge in [-0.1, -0.05) is 54.6 Å². The maximum absolute atomic E-state index is 14.1. The predicted octanol–water partition coefficient (Wildman–Crippen LogP) is 6.25. The number of aromatic nitrogens is 3. The fourth-order valence-electron chi connectivity index (χ4n) is 2.88. The quantitative estimate of drug-likeness (QED) is 0.296. The molecule has 0 fully saturated rings. The molecule has 7 heteroatoms. The minimum atomic E-state index is -0.327. The molecule has 0 saturated carbocycles. The number of halogens is 2. The average Bonchev–Trinajstić information content (AvgIpc) is 3.11. The first-order valence-corrected chi connectivity index (χ1v) is 10.7. The predicted molar refractivity (Wildman–Crippen MR) is 116 cm³/mol. The van der Waals surface area contributed by atoms with Crippen molar-refractivity contribution in [3.8, 4) is 5.75 Å². The Hall–Kier alpha value is -2.31. The molecule has 0 aliphatic rings. The van der Waals surface area contributed by atoms with Gasteiger partial charge in [0.1, 0.15) is 11.6 Å². The summed E-state index contributed by atoms with van der Waals surface area (Å²) >= 11 is 7.51. The number of ether oxygens (including phenoxy) is 1. The van der Waals surface area contributed by atoms with Crippen molar-refractivity contribution in [3.05, 3.63) is 82.9 Å². The van der Waals surface area contributed by atoms with Crippen LogP contribution in [0, 0.1) is 5.82 Å². The van der Waals surface area contributed by atoms with E-state index in [1.54, 1.807) is 18.2 Å². The third-order valence-electron chi connectivity index (χ3n) is 4.47. The summed E-state index contributed by atoms with van der Waals surface area (Å²) in [6, 6.07) is 12.7. The van der Waals surface area contributed by atoms with Crippen molar-refractivity contribution in [2.24, 2.45) is 0 Å². The number of benzene rings is 2. The van der Waals surface area contributed by atoms with Crippen molar-refractivity contribution >= 4 is 23.4 Å². The van der Waals surface area contributed by atoms with Gasteiger partial charge in [-0.25, -0.2) is 4.39 Å². The Morgan fingerprint density at radius 2 is 2.00 bits per heavy atom. The van der Waals surface area contributed by atoms with Gasteiger partial charge in [-0.3, -0.25) is 4.57 Å². The number of allylic oxidation sites excluding steroid dienone is 1. The smallest absolute Gasteiger partial charge is 0.191 e. The molecule has 3 rings (SSSR count). The van der Waals surface area contributed by atoms with E-state index in [-0.39, 0.29) is 11.9 Å². The van der Waals surface area contributed by atoms with E-state index in [9.17, 15) is 4.39 Å². The van der Waals surface area contributed by atoms with Crippen molar-refractivity contribution in [3.63, 3.8) is 0 Å². The van der Waals surface area contributed by atoms with Gasteiger partial charge in [0.25, 0.3) is 0 Å². The van der Waals surface area contributed by atoms with Crippen LogP contribution in [-0.4, -0.2) is 14.8 Å². The summed E-state index contributed by atoms with van der Waals surface area (Å²) in [6.07, 6.45) is 2.45. The van der Waals surface area contributed by atoms with Crippen LogP contribution in [0.15, 0.2) is 60.3 Å². The van der Waals surface area contributed by atoms with Gasteiger partial charge in [-0.2, -0.15) is 0 Å². The van der Waals surface area contributed by atoms with E-state index in [1.807, 2.05) is 23.6 Å². The Morgan fingerprint density at radius 1 is 1.24 bits per heavy atom. The first kappa shape index (κ1) is 21.4. The lowest BCUT2D eigenvalue weighted by atomic mass is 10.2. The van der Waals surface area contributed by atoms with Gasteiger partial charge < -0.3 is 4.74 Å². The van der Waals surface area contributed by atoms with Crippen LogP contribution in [0.2, 0.25) is 5.02 Å². The molecule has 0 aliphatic carbocycles. The first-order chi connectivity index (χ1) is 14.0. The van der Waals surface area contributed by atoms with Crippen molar-refractivity contribution in [1.29, 1.82) is 0 Å². The van der Waals surface area contributed by atoms with Crippen molar-refractivity contribution in [1.82, 2.24) is 14.8 Å². The van der Waals surface area contributed by atoms with Gasteiger partial charge in [0.2, 0.25) is 0 Å². The highest BCUT2D eigenvalue weighted by Gasteiger charge is 2.20. The lowest BCUT2D eigenvalue weighted by Crippen LogP contribution is -2.12. The fourth-order valence-corrected chi connectivity index (χ4v) is 4.17. The second-order valence-corrected chi connectivity index (χ2v) is 7.84. The van der Waals surface area contributed by atoms with Gasteiger partial charge in [0, 0.05) is 22.9 Å². The van der Waals surface area contributed by atoms with Crippen LogP contribution in [0.5, 0.6) is 5.75 Å². The van der Waals surface area contributed by atoms with E-state index in [1.165, 1.54) is 23.4 Å². The summed E-state index contributed by atoms with van der Waals surface area (Å²) in [5.74, 6) is 1.49. The Bertz CT molecular complexity index is 954. The largest absolute Gasteiger partial charge is 0.483 e. The summed E-state index contributed by atoms with van der Waals surface area (Å²) in [5.41, 5.74) is 1.71. The lowest BCUT2D eigenvalue weighted by Gasteiger charge is -2.16. The minimum Gasteiger partial charge on any atom is -0.483 e. The average molecular weight is 432 g/mol. The summed E-state index contributed by atoms with van der Waals surface area (Å²) in [4.78, 5) is 0. The van der Waals surface area contributed by atoms with Crippen LogP contribution in [-0.2, 0) is 18.7 Å². The zero-order chi connectivity index (χ0) is 20.8. The second kappa shape index (κ2) is 9.94. The molecule has 1 unspecified atom stereocenters. The fraction of sp³-hybridized carbons (Fsp3) is 0.273. The molecule has 0 N–H and O–H groups in total. The lowest BCUT2D eigenvalue weighted by molar-refractivity contribution is 0.210. The molecule has 1 aromatic heterocycles. The molecular weight excluding hydrogens is 409 g/mol. The van der Waals surface area contributed by atoms with E-state index in [2.05, 4.69) is 35.8 Å². The Balaban J connectivity index is 1.77. The van der Waals surface area contributed by atoms with E-state index in [0.717, 1.165) is 12.2 Å². The molecule has 0 amide bonds. The molecule has 29 heavy (non-hydrogen) atoms. The molecule has 1 heterocycles. The monoisotopic (exact) mass is 431 g/mol. The molecule has 3 aromatic rings. The number of hydrogen-bond donors (Lipinski definition) is 0. The highest BCUT2D eigenvalue weighted by atomic mass is 35.5. The van der Waals surface area contributed by atoms with Crippen LogP contribution >= 0.6 is 23.4 Å². The van der Waals surface area contributed by atoms with Gasteiger partial charge in [-0.15, -0.1) is 16.8 Å². The van der Waals surface area contributed by atoms with E-state index < -0.39 is 0 Å². The third kappa shape index (κ3) is 5.19. The molecule has 0 spiro atoms. The minimum absolute atomic E-state index is 0.304. The highest BCUT2D eigenvalue weighted by molar-refractivity contribution is 7.98. The van der Waals surface area contributed by atoms with Crippen LogP contribution in [0.3, 0.4) is 0 Å². The molecule has 1 atom stereocenters. The van der Waals surface area contributed by atoms with Gasteiger partial charge >= 0.3 is 0 Å². The molecule has 0 saturated heterocycles. The maximum atomic E-state index is 14.1. The van der Waals surface area contributed by atoms with Crippen molar-refractivity contribution in [2.45, 2.75) is 43.8 Å². The second-order valence-electron chi connectivity index (χ2n) is 6.49. The number of thioether (sulfide) groups is 1. The summed E-state index contributed by atoms with van der Waals surface area (Å²) in [5, 5.41) is 9.66.